The maximum atomic E-state index is 5.84. The van der Waals surface area contributed by atoms with Gasteiger partial charge < -0.3 is 5.73 Å². The topological polar surface area (TPSA) is 38.9 Å². The van der Waals surface area contributed by atoms with Gasteiger partial charge in [0.25, 0.3) is 0 Å². The number of nitrogen functional groups attached to an aromatic ring is 1. The molecule has 2 heteroatoms. The molecule has 3 aromatic rings. The van der Waals surface area contributed by atoms with Gasteiger partial charge in [-0.25, -0.2) is 0 Å². The van der Waals surface area contributed by atoms with E-state index < -0.39 is 0 Å². The molecule has 3 rings (SSSR count). The Balaban J connectivity index is 2.33. The standard InChI is InChI=1S/C15H12N2/c16-12-6-7-15-14(10-12)13(8-9-17-15)11-4-2-1-3-5-11/h1-10H,16H2. The zero-order valence-electron chi connectivity index (χ0n) is 9.30. The maximum Gasteiger partial charge on any atom is 0.0709 e. The maximum absolute atomic E-state index is 5.84. The molecule has 0 aliphatic heterocycles. The fourth-order valence-electron chi connectivity index (χ4n) is 2.03. The van der Waals surface area contributed by atoms with Crippen LogP contribution >= 0.6 is 0 Å². The Bertz CT molecular complexity index is 660. The molecule has 0 saturated carbocycles. The van der Waals surface area contributed by atoms with Crippen LogP contribution in [0.15, 0.2) is 60.8 Å². The lowest BCUT2D eigenvalue weighted by Gasteiger charge is -2.06. The molecule has 0 aliphatic rings. The second-order valence-corrected chi connectivity index (χ2v) is 4.00. The lowest BCUT2D eigenvalue weighted by atomic mass is 10.0. The van der Waals surface area contributed by atoms with Crippen molar-refractivity contribution in [1.29, 1.82) is 0 Å². The summed E-state index contributed by atoms with van der Waals surface area (Å²) in [6.45, 7) is 0. The number of anilines is 1. The predicted octanol–water partition coefficient (Wildman–Crippen LogP) is 3.48. The number of rotatable bonds is 1. The Hall–Kier alpha value is -2.35. The molecule has 0 aliphatic carbocycles. The number of pyridine rings is 1. The van der Waals surface area contributed by atoms with E-state index in [1.54, 1.807) is 0 Å². The lowest BCUT2D eigenvalue weighted by molar-refractivity contribution is 1.41. The normalized spacial score (nSPS) is 10.6. The first-order valence-electron chi connectivity index (χ1n) is 5.54. The third-order valence-corrected chi connectivity index (χ3v) is 2.85. The van der Waals surface area contributed by atoms with Gasteiger partial charge in [-0.1, -0.05) is 30.3 Å². The van der Waals surface area contributed by atoms with Gasteiger partial charge in [-0.15, -0.1) is 0 Å². The zero-order valence-corrected chi connectivity index (χ0v) is 9.30. The van der Waals surface area contributed by atoms with Crippen LogP contribution in [0.4, 0.5) is 5.69 Å². The Morgan fingerprint density at radius 1 is 0.882 bits per heavy atom. The number of hydrogen-bond donors (Lipinski definition) is 1. The number of fused-ring (bicyclic) bond motifs is 1. The van der Waals surface area contributed by atoms with Crippen LogP contribution in [-0.4, -0.2) is 4.98 Å². The van der Waals surface area contributed by atoms with Crippen molar-refractivity contribution < 1.29 is 0 Å². The van der Waals surface area contributed by atoms with Crippen LogP contribution < -0.4 is 5.73 Å². The average molecular weight is 220 g/mol. The number of nitrogens with zero attached hydrogens (tertiary/aromatic N) is 1. The van der Waals surface area contributed by atoms with Gasteiger partial charge in [0.15, 0.2) is 0 Å². The summed E-state index contributed by atoms with van der Waals surface area (Å²) in [5, 5.41) is 1.10. The van der Waals surface area contributed by atoms with Crippen LogP contribution in [0, 0.1) is 0 Å². The van der Waals surface area contributed by atoms with Crippen LogP contribution in [-0.2, 0) is 0 Å². The second-order valence-electron chi connectivity index (χ2n) is 4.00. The minimum Gasteiger partial charge on any atom is -0.399 e. The van der Waals surface area contributed by atoms with Gasteiger partial charge in [-0.2, -0.15) is 0 Å². The van der Waals surface area contributed by atoms with Crippen molar-refractivity contribution in [2.75, 3.05) is 5.73 Å². The summed E-state index contributed by atoms with van der Waals surface area (Å²) >= 11 is 0. The van der Waals surface area contributed by atoms with Crippen LogP contribution in [0.5, 0.6) is 0 Å². The van der Waals surface area contributed by atoms with Gasteiger partial charge in [-0.05, 0) is 35.4 Å². The molecule has 17 heavy (non-hydrogen) atoms. The minimum atomic E-state index is 0.766. The zero-order chi connectivity index (χ0) is 11.7. The van der Waals surface area contributed by atoms with E-state index in [0.717, 1.165) is 16.6 Å². The number of aromatic nitrogens is 1. The van der Waals surface area contributed by atoms with E-state index in [0.29, 0.717) is 0 Å². The molecule has 0 saturated heterocycles. The summed E-state index contributed by atoms with van der Waals surface area (Å²) in [5.74, 6) is 0. The fraction of sp³-hybridized carbons (Fsp3) is 0. The first-order chi connectivity index (χ1) is 8.34. The van der Waals surface area contributed by atoms with Crippen LogP contribution in [0.1, 0.15) is 0 Å². The summed E-state index contributed by atoms with van der Waals surface area (Å²) in [4.78, 5) is 4.35. The summed E-state index contributed by atoms with van der Waals surface area (Å²) in [5.41, 5.74) is 9.94. The van der Waals surface area contributed by atoms with Crippen molar-refractivity contribution in [1.82, 2.24) is 4.98 Å². The molecule has 1 heterocycles. The van der Waals surface area contributed by atoms with Gasteiger partial charge in [0, 0.05) is 17.3 Å². The van der Waals surface area contributed by atoms with E-state index in [-0.39, 0.29) is 0 Å². The smallest absolute Gasteiger partial charge is 0.0709 e. The summed E-state index contributed by atoms with van der Waals surface area (Å²) < 4.78 is 0. The van der Waals surface area contributed by atoms with Crippen LogP contribution in [0.2, 0.25) is 0 Å². The van der Waals surface area contributed by atoms with Gasteiger partial charge in [0.1, 0.15) is 0 Å². The first kappa shape index (κ1) is 9.85. The quantitative estimate of drug-likeness (QED) is 0.637. The van der Waals surface area contributed by atoms with Crippen molar-refractivity contribution in [3.8, 4) is 11.1 Å². The van der Waals surface area contributed by atoms with E-state index in [1.807, 2.05) is 48.7 Å². The average Bonchev–Trinajstić information content (AvgIpc) is 2.39. The molecule has 2 nitrogen and oxygen atoms in total. The van der Waals surface area contributed by atoms with Gasteiger partial charge in [-0.3, -0.25) is 4.98 Å². The lowest BCUT2D eigenvalue weighted by Crippen LogP contribution is -1.88. The second kappa shape index (κ2) is 3.91. The number of nitrogens with two attached hydrogens (primary N) is 1. The highest BCUT2D eigenvalue weighted by Gasteiger charge is 2.04. The molecule has 2 aromatic carbocycles. The number of benzene rings is 2. The van der Waals surface area contributed by atoms with Crippen LogP contribution in [0.25, 0.3) is 22.0 Å². The van der Waals surface area contributed by atoms with E-state index in [9.17, 15) is 0 Å². The summed E-state index contributed by atoms with van der Waals surface area (Å²) in [6, 6.07) is 18.1. The predicted molar refractivity (Wildman–Crippen MR) is 71.6 cm³/mol. The van der Waals surface area contributed by atoms with Crippen molar-refractivity contribution in [3.05, 3.63) is 60.8 Å². The van der Waals surface area contributed by atoms with Crippen LogP contribution in [0.3, 0.4) is 0 Å². The Kier molecular flexibility index (Phi) is 2.26. The Morgan fingerprint density at radius 3 is 2.53 bits per heavy atom. The molecule has 82 valence electrons. The molecule has 0 unspecified atom stereocenters. The molecule has 0 amide bonds. The molecule has 2 N–H and O–H groups in total. The highest BCUT2D eigenvalue weighted by atomic mass is 14.7. The minimum absolute atomic E-state index is 0.766. The van der Waals surface area contributed by atoms with Gasteiger partial charge in [0.2, 0.25) is 0 Å². The first-order valence-corrected chi connectivity index (χ1v) is 5.54. The van der Waals surface area contributed by atoms with E-state index >= 15 is 0 Å². The molecular weight excluding hydrogens is 208 g/mol. The van der Waals surface area contributed by atoms with Gasteiger partial charge in [0.05, 0.1) is 5.52 Å². The van der Waals surface area contributed by atoms with Crippen molar-refractivity contribution in [2.24, 2.45) is 0 Å². The molecular formula is C15H12N2. The van der Waals surface area contributed by atoms with E-state index in [1.165, 1.54) is 11.1 Å². The van der Waals surface area contributed by atoms with E-state index in [2.05, 4.69) is 17.1 Å². The highest BCUT2D eigenvalue weighted by Crippen LogP contribution is 2.28. The summed E-state index contributed by atoms with van der Waals surface area (Å²) in [6.07, 6.45) is 1.83. The SMILES string of the molecule is Nc1ccc2nccc(-c3ccccc3)c2c1. The fourth-order valence-corrected chi connectivity index (χ4v) is 2.03. The number of hydrogen-bond acceptors (Lipinski definition) is 2. The Labute approximate surface area is 99.7 Å². The largest absolute Gasteiger partial charge is 0.399 e. The van der Waals surface area contributed by atoms with Crippen molar-refractivity contribution in [2.45, 2.75) is 0 Å². The molecule has 0 spiro atoms. The molecule has 0 fully saturated rings. The van der Waals surface area contributed by atoms with E-state index in [4.69, 9.17) is 5.73 Å². The highest BCUT2D eigenvalue weighted by molar-refractivity contribution is 5.95. The third-order valence-electron chi connectivity index (χ3n) is 2.85. The molecule has 0 atom stereocenters. The third kappa shape index (κ3) is 1.74. The molecule has 0 bridgehead atoms. The van der Waals surface area contributed by atoms with Gasteiger partial charge >= 0.3 is 0 Å². The van der Waals surface area contributed by atoms with Crippen molar-refractivity contribution >= 4 is 16.6 Å². The molecule has 1 aromatic heterocycles. The van der Waals surface area contributed by atoms with Crippen molar-refractivity contribution in [3.63, 3.8) is 0 Å². The Morgan fingerprint density at radius 2 is 1.71 bits per heavy atom. The summed E-state index contributed by atoms with van der Waals surface area (Å²) in [7, 11) is 0. The molecule has 0 radical (unpaired) electrons. The monoisotopic (exact) mass is 220 g/mol.